The van der Waals surface area contributed by atoms with Crippen LogP contribution >= 0.6 is 0 Å². The van der Waals surface area contributed by atoms with Gasteiger partial charge in [-0.1, -0.05) is 0 Å². The molecule has 0 aromatic carbocycles. The predicted octanol–water partition coefficient (Wildman–Crippen LogP) is 0.274. The molecule has 0 aliphatic rings. The van der Waals surface area contributed by atoms with E-state index in [-0.39, 0.29) is 0 Å². The molecule has 16 heavy (non-hydrogen) atoms. The van der Waals surface area contributed by atoms with Gasteiger partial charge in [0.15, 0.2) is 0 Å². The lowest BCUT2D eigenvalue weighted by Crippen LogP contribution is -2.56. The summed E-state index contributed by atoms with van der Waals surface area (Å²) >= 11 is 0. The average Bonchev–Trinajstić information content (AvgIpc) is 2.12. The van der Waals surface area contributed by atoms with E-state index in [1.165, 1.54) is 7.11 Å². The second kappa shape index (κ2) is 5.39. The largest absolute Gasteiger partial charge is 0.455 e. The number of carbonyl (C=O) groups is 1. The quantitative estimate of drug-likeness (QED) is 0.688. The Morgan fingerprint density at radius 2 is 1.88 bits per heavy atom. The summed E-state index contributed by atoms with van der Waals surface area (Å²) in [5.41, 5.74) is 4.66. The third-order valence-corrected chi connectivity index (χ3v) is 1.64. The van der Waals surface area contributed by atoms with Crippen LogP contribution in [0.2, 0.25) is 0 Å². The summed E-state index contributed by atoms with van der Waals surface area (Å²) in [6.45, 7) is -1.43. The van der Waals surface area contributed by atoms with Crippen LogP contribution in [0.15, 0.2) is 0 Å². The highest BCUT2D eigenvalue weighted by atomic mass is 19.4. The number of nitrogens with one attached hydrogen (secondary N) is 1. The van der Waals surface area contributed by atoms with Gasteiger partial charge in [-0.2, -0.15) is 22.0 Å². The van der Waals surface area contributed by atoms with Crippen LogP contribution in [0.5, 0.6) is 0 Å². The molecule has 0 heterocycles. The van der Waals surface area contributed by atoms with Crippen molar-refractivity contribution in [1.29, 1.82) is 0 Å². The minimum Gasteiger partial charge on any atom is -0.375 e. The topological polar surface area (TPSA) is 64.3 Å². The highest BCUT2D eigenvalue weighted by Crippen LogP contribution is 2.37. The van der Waals surface area contributed by atoms with E-state index in [0.29, 0.717) is 0 Å². The third-order valence-electron chi connectivity index (χ3n) is 1.64. The zero-order valence-electron chi connectivity index (χ0n) is 8.28. The number of alkyl halides is 5. The van der Waals surface area contributed by atoms with Gasteiger partial charge in [-0.15, -0.1) is 0 Å². The number of methoxy groups -OCH3 is 1. The highest BCUT2D eigenvalue weighted by molar-refractivity contribution is 5.77. The van der Waals surface area contributed by atoms with Crippen LogP contribution in [0.3, 0.4) is 0 Å². The Labute approximate surface area is 87.9 Å². The fourth-order valence-electron chi connectivity index (χ4n) is 0.744. The van der Waals surface area contributed by atoms with E-state index in [0.717, 1.165) is 0 Å². The molecule has 3 N–H and O–H groups in total. The van der Waals surface area contributed by atoms with E-state index in [2.05, 4.69) is 10.5 Å². The Hall–Kier alpha value is -0.960. The van der Waals surface area contributed by atoms with Gasteiger partial charge in [-0.25, -0.2) is 0 Å². The van der Waals surface area contributed by atoms with Crippen molar-refractivity contribution in [3.05, 3.63) is 0 Å². The summed E-state index contributed by atoms with van der Waals surface area (Å²) in [6, 6.07) is -2.53. The Kier molecular flexibility index (Phi) is 5.07. The van der Waals surface area contributed by atoms with Gasteiger partial charge < -0.3 is 15.8 Å². The zero-order chi connectivity index (χ0) is 13.0. The highest BCUT2D eigenvalue weighted by Gasteiger charge is 2.61. The lowest BCUT2D eigenvalue weighted by Gasteiger charge is -2.25. The summed E-state index contributed by atoms with van der Waals surface area (Å²) in [4.78, 5) is 10.7. The first kappa shape index (κ1) is 15.0. The van der Waals surface area contributed by atoms with Crippen LogP contribution in [-0.4, -0.2) is 44.3 Å². The van der Waals surface area contributed by atoms with E-state index in [1.807, 2.05) is 0 Å². The number of rotatable bonds is 5. The first-order chi connectivity index (χ1) is 7.13. The van der Waals surface area contributed by atoms with Crippen molar-refractivity contribution in [2.24, 2.45) is 5.73 Å². The second-order valence-corrected chi connectivity index (χ2v) is 2.96. The van der Waals surface area contributed by atoms with Crippen molar-refractivity contribution in [2.75, 3.05) is 20.3 Å². The lowest BCUT2D eigenvalue weighted by atomic mass is 10.1. The van der Waals surface area contributed by atoms with Crippen molar-refractivity contribution in [3.8, 4) is 0 Å². The molecule has 0 aliphatic heterocycles. The summed E-state index contributed by atoms with van der Waals surface area (Å²) in [5, 5.41) is 1.79. The first-order valence-electron chi connectivity index (χ1n) is 4.08. The molecule has 96 valence electrons. The number of amides is 1. The maximum absolute atomic E-state index is 12.5. The number of hydrogen-bond donors (Lipinski definition) is 2. The van der Waals surface area contributed by atoms with Crippen molar-refractivity contribution in [1.82, 2.24) is 5.32 Å². The van der Waals surface area contributed by atoms with Gasteiger partial charge in [-0.3, -0.25) is 4.79 Å². The number of hydrogen-bond acceptors (Lipinski definition) is 3. The molecule has 0 aliphatic carbocycles. The van der Waals surface area contributed by atoms with Crippen molar-refractivity contribution < 1.29 is 31.5 Å². The first-order valence-corrected chi connectivity index (χ1v) is 4.08. The fourth-order valence-corrected chi connectivity index (χ4v) is 0.744. The third kappa shape index (κ3) is 3.89. The average molecular weight is 250 g/mol. The number of carbonyl (C=O) groups excluding carboxylic acids is 1. The standard InChI is InChI=1S/C7H11F5N2O2/c1-16-3-5(15)14-2-4(13)6(8,9)7(10,11)12/h4H,2-3,13H2,1H3,(H,14,15). The molecule has 0 aromatic rings. The molecule has 0 aromatic heterocycles. The van der Waals surface area contributed by atoms with Crippen LogP contribution in [-0.2, 0) is 9.53 Å². The van der Waals surface area contributed by atoms with Crippen LogP contribution in [0.4, 0.5) is 22.0 Å². The van der Waals surface area contributed by atoms with Crippen LogP contribution in [0, 0.1) is 0 Å². The molecule has 0 saturated carbocycles. The fraction of sp³-hybridized carbons (Fsp3) is 0.857. The van der Waals surface area contributed by atoms with Crippen molar-refractivity contribution >= 4 is 5.91 Å². The maximum atomic E-state index is 12.5. The Morgan fingerprint density at radius 1 is 1.38 bits per heavy atom. The van der Waals surface area contributed by atoms with Crippen LogP contribution in [0.25, 0.3) is 0 Å². The van der Waals surface area contributed by atoms with Crippen LogP contribution in [0.1, 0.15) is 0 Å². The van der Waals surface area contributed by atoms with E-state index in [1.54, 1.807) is 5.32 Å². The van der Waals surface area contributed by atoms with E-state index < -0.39 is 37.2 Å². The van der Waals surface area contributed by atoms with Crippen LogP contribution < -0.4 is 11.1 Å². The van der Waals surface area contributed by atoms with E-state index in [4.69, 9.17) is 0 Å². The summed E-state index contributed by atoms with van der Waals surface area (Å²) < 4.78 is 64.7. The molecular weight excluding hydrogens is 239 g/mol. The smallest absolute Gasteiger partial charge is 0.375 e. The maximum Gasteiger partial charge on any atom is 0.455 e. The van der Waals surface area contributed by atoms with Gasteiger partial charge in [0.2, 0.25) is 5.91 Å². The van der Waals surface area contributed by atoms with Crippen molar-refractivity contribution in [2.45, 2.75) is 18.1 Å². The van der Waals surface area contributed by atoms with Crippen molar-refractivity contribution in [3.63, 3.8) is 0 Å². The zero-order valence-corrected chi connectivity index (χ0v) is 8.28. The number of nitrogens with two attached hydrogens (primary N) is 1. The van der Waals surface area contributed by atoms with E-state index >= 15 is 0 Å². The molecular formula is C7H11F5N2O2. The molecule has 0 bridgehead atoms. The molecule has 0 rings (SSSR count). The van der Waals surface area contributed by atoms with E-state index in [9.17, 15) is 26.7 Å². The summed E-state index contributed by atoms with van der Waals surface area (Å²) in [6.07, 6.45) is -5.74. The van der Waals surface area contributed by atoms with Gasteiger partial charge in [-0.05, 0) is 0 Å². The van der Waals surface area contributed by atoms with Gasteiger partial charge in [0.25, 0.3) is 0 Å². The predicted molar refractivity (Wildman–Crippen MR) is 43.9 cm³/mol. The molecule has 0 spiro atoms. The normalized spacial score (nSPS) is 14.7. The molecule has 9 heteroatoms. The molecule has 1 amide bonds. The molecule has 1 unspecified atom stereocenters. The lowest BCUT2D eigenvalue weighted by molar-refractivity contribution is -0.289. The minimum atomic E-state index is -5.74. The summed E-state index contributed by atoms with van der Waals surface area (Å²) in [5.74, 6) is -5.87. The number of ether oxygens (including phenoxy) is 1. The summed E-state index contributed by atoms with van der Waals surface area (Å²) in [7, 11) is 1.17. The Bertz CT molecular complexity index is 243. The molecule has 4 nitrogen and oxygen atoms in total. The van der Waals surface area contributed by atoms with Gasteiger partial charge in [0, 0.05) is 13.7 Å². The Balaban J connectivity index is 4.26. The van der Waals surface area contributed by atoms with Gasteiger partial charge >= 0.3 is 12.1 Å². The number of halogens is 5. The monoisotopic (exact) mass is 250 g/mol. The second-order valence-electron chi connectivity index (χ2n) is 2.96. The van der Waals surface area contributed by atoms with Gasteiger partial charge in [0.05, 0.1) is 6.04 Å². The molecule has 1 atom stereocenters. The van der Waals surface area contributed by atoms with Gasteiger partial charge in [0.1, 0.15) is 6.61 Å². The molecule has 0 saturated heterocycles. The minimum absolute atomic E-state index is 0.440. The SMILES string of the molecule is COCC(=O)NCC(N)C(F)(F)C(F)(F)F. The molecule has 0 fully saturated rings. The Morgan fingerprint density at radius 3 is 2.25 bits per heavy atom. The molecule has 0 radical (unpaired) electrons.